The van der Waals surface area contributed by atoms with Gasteiger partial charge < -0.3 is 10.1 Å². The Morgan fingerprint density at radius 1 is 1.22 bits per heavy atom. The van der Waals surface area contributed by atoms with Gasteiger partial charge >= 0.3 is 5.97 Å². The van der Waals surface area contributed by atoms with Crippen LogP contribution in [0.5, 0.6) is 0 Å². The second-order valence-electron chi connectivity index (χ2n) is 5.46. The van der Waals surface area contributed by atoms with Crippen LogP contribution < -0.4 is 9.62 Å². The van der Waals surface area contributed by atoms with E-state index in [0.717, 1.165) is 10.6 Å². The Hall–Kier alpha value is -2.10. The molecule has 1 N–H and O–H groups in total. The summed E-state index contributed by atoms with van der Waals surface area (Å²) < 4.78 is 30.4. The highest BCUT2D eigenvalue weighted by Crippen LogP contribution is 2.28. The van der Waals surface area contributed by atoms with Crippen molar-refractivity contribution in [3.05, 3.63) is 57.5 Å². The molecule has 27 heavy (non-hydrogen) atoms. The molecule has 0 bridgehead atoms. The molecule has 2 aromatic rings. The van der Waals surface area contributed by atoms with E-state index in [1.54, 1.807) is 24.3 Å². The third-order valence-corrected chi connectivity index (χ3v) is 5.60. The number of amides is 1. The van der Waals surface area contributed by atoms with Gasteiger partial charge in [0.25, 0.3) is 0 Å². The predicted octanol–water partition coefficient (Wildman–Crippen LogP) is 3.29. The number of halogens is 2. The first-order valence-electron chi connectivity index (χ1n) is 7.53. The van der Waals surface area contributed by atoms with Gasteiger partial charge in [-0.25, -0.2) is 13.2 Å². The minimum Gasteiger partial charge on any atom is -0.465 e. The van der Waals surface area contributed by atoms with Gasteiger partial charge in [0.05, 0.1) is 35.3 Å². The summed E-state index contributed by atoms with van der Waals surface area (Å²) >= 11 is 9.33. The highest BCUT2D eigenvalue weighted by molar-refractivity contribution is 9.10. The van der Waals surface area contributed by atoms with Crippen molar-refractivity contribution < 1.29 is 22.7 Å². The minimum absolute atomic E-state index is 0.171. The summed E-state index contributed by atoms with van der Waals surface area (Å²) in [5.74, 6) is -1.21. The molecule has 0 saturated carbocycles. The van der Waals surface area contributed by atoms with Crippen LogP contribution in [0.15, 0.2) is 46.9 Å². The lowest BCUT2D eigenvalue weighted by atomic mass is 10.2. The monoisotopic (exact) mass is 474 g/mol. The Balaban J connectivity index is 2.27. The molecule has 0 aliphatic rings. The van der Waals surface area contributed by atoms with Crippen LogP contribution in [-0.2, 0) is 19.6 Å². The molecule has 10 heteroatoms. The maximum atomic E-state index is 12.4. The van der Waals surface area contributed by atoms with Crippen molar-refractivity contribution in [1.29, 1.82) is 0 Å². The zero-order valence-corrected chi connectivity index (χ0v) is 17.6. The van der Waals surface area contributed by atoms with Crippen LogP contribution in [0.1, 0.15) is 10.4 Å². The van der Waals surface area contributed by atoms with Gasteiger partial charge in [-0.3, -0.25) is 9.10 Å². The van der Waals surface area contributed by atoms with Gasteiger partial charge in [0, 0.05) is 4.47 Å². The van der Waals surface area contributed by atoms with Gasteiger partial charge in [-0.05, 0) is 46.3 Å². The van der Waals surface area contributed by atoms with Crippen molar-refractivity contribution >= 4 is 60.8 Å². The summed E-state index contributed by atoms with van der Waals surface area (Å²) in [6, 6.07) is 10.9. The topological polar surface area (TPSA) is 92.8 Å². The standard InChI is InChI=1S/C17H16BrClN2O5S/c1-26-17(23)11-7-8-13(19)14(9-11)20-16(22)10-21(27(2,24)25)15-6-4-3-5-12(15)18/h3-9H,10H2,1-2H3,(H,20,22). The zero-order valence-electron chi connectivity index (χ0n) is 14.4. The van der Waals surface area contributed by atoms with Crippen molar-refractivity contribution in [2.45, 2.75) is 0 Å². The average Bonchev–Trinajstić information content (AvgIpc) is 2.60. The molecule has 0 saturated heterocycles. The van der Waals surface area contributed by atoms with Gasteiger partial charge in [0.1, 0.15) is 6.54 Å². The van der Waals surface area contributed by atoms with Gasteiger partial charge in [0.2, 0.25) is 15.9 Å². The second-order valence-corrected chi connectivity index (χ2v) is 8.62. The summed E-state index contributed by atoms with van der Waals surface area (Å²) in [4.78, 5) is 24.1. The largest absolute Gasteiger partial charge is 0.465 e. The van der Waals surface area contributed by atoms with Gasteiger partial charge in [-0.15, -0.1) is 0 Å². The van der Waals surface area contributed by atoms with Crippen LogP contribution in [-0.4, -0.2) is 40.2 Å². The van der Waals surface area contributed by atoms with E-state index in [1.165, 1.54) is 25.3 Å². The van der Waals surface area contributed by atoms with Gasteiger partial charge in [-0.1, -0.05) is 23.7 Å². The number of carbonyl (C=O) groups excluding carboxylic acids is 2. The summed E-state index contributed by atoms with van der Waals surface area (Å²) in [5, 5.41) is 2.72. The Kier molecular flexibility index (Phi) is 6.85. The number of nitrogens with zero attached hydrogens (tertiary/aromatic N) is 1. The molecule has 0 aliphatic heterocycles. The number of ether oxygens (including phenoxy) is 1. The molecule has 0 fully saturated rings. The SMILES string of the molecule is COC(=O)c1ccc(Cl)c(NC(=O)CN(c2ccccc2Br)S(C)(=O)=O)c1. The maximum Gasteiger partial charge on any atom is 0.337 e. The van der Waals surface area contributed by atoms with Crippen molar-refractivity contribution in [1.82, 2.24) is 0 Å². The number of hydrogen-bond acceptors (Lipinski definition) is 5. The first-order chi connectivity index (χ1) is 12.6. The molecule has 0 aromatic heterocycles. The molecule has 2 rings (SSSR count). The molecule has 0 atom stereocenters. The Labute approximate surface area is 170 Å². The summed E-state index contributed by atoms with van der Waals surface area (Å²) in [6.45, 7) is -0.472. The first-order valence-corrected chi connectivity index (χ1v) is 10.6. The molecule has 0 spiro atoms. The van der Waals surface area contributed by atoms with Crippen LogP contribution in [0.25, 0.3) is 0 Å². The number of benzene rings is 2. The number of sulfonamides is 1. The molecule has 1 amide bonds. The quantitative estimate of drug-likeness (QED) is 0.647. The van der Waals surface area contributed by atoms with Gasteiger partial charge in [0.15, 0.2) is 0 Å². The van der Waals surface area contributed by atoms with E-state index in [0.29, 0.717) is 10.2 Å². The number of rotatable bonds is 6. The van der Waals surface area contributed by atoms with E-state index in [9.17, 15) is 18.0 Å². The van der Waals surface area contributed by atoms with Crippen molar-refractivity contribution in [3.8, 4) is 0 Å². The lowest BCUT2D eigenvalue weighted by Gasteiger charge is -2.23. The van der Waals surface area contributed by atoms with Crippen LogP contribution in [0.2, 0.25) is 5.02 Å². The van der Waals surface area contributed by atoms with E-state index in [1.807, 2.05) is 0 Å². The fourth-order valence-electron chi connectivity index (χ4n) is 2.22. The smallest absolute Gasteiger partial charge is 0.337 e. The summed E-state index contributed by atoms with van der Waals surface area (Å²) in [6.07, 6.45) is 1.00. The number of hydrogen-bond donors (Lipinski definition) is 1. The Bertz CT molecular complexity index is 981. The van der Waals surface area contributed by atoms with Gasteiger partial charge in [-0.2, -0.15) is 0 Å². The van der Waals surface area contributed by atoms with Crippen molar-refractivity contribution in [2.24, 2.45) is 0 Å². The average molecular weight is 476 g/mol. The third-order valence-electron chi connectivity index (χ3n) is 3.47. The van der Waals surface area contributed by atoms with Crippen LogP contribution >= 0.6 is 27.5 Å². The molecular formula is C17H16BrClN2O5S. The molecule has 0 aliphatic carbocycles. The lowest BCUT2D eigenvalue weighted by Crippen LogP contribution is -2.37. The first kappa shape index (κ1) is 21.2. The van der Waals surface area contributed by atoms with Crippen LogP contribution in [0.4, 0.5) is 11.4 Å². The Morgan fingerprint density at radius 2 is 1.89 bits per heavy atom. The van der Waals surface area contributed by atoms with E-state index < -0.39 is 28.4 Å². The fourth-order valence-corrected chi connectivity index (χ4v) is 3.87. The molecule has 0 unspecified atom stereocenters. The highest BCUT2D eigenvalue weighted by Gasteiger charge is 2.23. The fraction of sp³-hybridized carbons (Fsp3) is 0.176. The number of anilines is 2. The number of carbonyl (C=O) groups is 2. The minimum atomic E-state index is -3.73. The van der Waals surface area contributed by atoms with Crippen LogP contribution in [0.3, 0.4) is 0 Å². The van der Waals surface area contributed by atoms with E-state index in [-0.39, 0.29) is 16.3 Å². The molecule has 2 aromatic carbocycles. The van der Waals surface area contributed by atoms with Crippen molar-refractivity contribution in [3.63, 3.8) is 0 Å². The lowest BCUT2D eigenvalue weighted by molar-refractivity contribution is -0.114. The third kappa shape index (κ3) is 5.44. The molecule has 7 nitrogen and oxygen atoms in total. The zero-order chi connectivity index (χ0) is 20.2. The molecule has 0 radical (unpaired) electrons. The summed E-state index contributed by atoms with van der Waals surface area (Å²) in [7, 11) is -2.50. The number of esters is 1. The van der Waals surface area contributed by atoms with E-state index >= 15 is 0 Å². The normalized spacial score (nSPS) is 11.0. The summed E-state index contributed by atoms with van der Waals surface area (Å²) in [5.41, 5.74) is 0.692. The maximum absolute atomic E-state index is 12.4. The molecular weight excluding hydrogens is 460 g/mol. The van der Waals surface area contributed by atoms with E-state index in [4.69, 9.17) is 11.6 Å². The highest BCUT2D eigenvalue weighted by atomic mass is 79.9. The van der Waals surface area contributed by atoms with Crippen molar-refractivity contribution in [2.75, 3.05) is 29.5 Å². The second kappa shape index (κ2) is 8.73. The Morgan fingerprint density at radius 3 is 2.48 bits per heavy atom. The predicted molar refractivity (Wildman–Crippen MR) is 108 cm³/mol. The molecule has 144 valence electrons. The number of nitrogens with one attached hydrogen (secondary N) is 1. The molecule has 0 heterocycles. The van der Waals surface area contributed by atoms with E-state index in [2.05, 4.69) is 26.0 Å². The van der Waals surface area contributed by atoms with Crippen LogP contribution in [0, 0.1) is 0 Å². The number of methoxy groups -OCH3 is 1. The number of para-hydroxylation sites is 1.